The fourth-order valence-corrected chi connectivity index (χ4v) is 4.68. The minimum absolute atomic E-state index is 0.0874. The lowest BCUT2D eigenvalue weighted by Crippen LogP contribution is -2.47. The van der Waals surface area contributed by atoms with E-state index in [9.17, 15) is 4.79 Å². The van der Waals surface area contributed by atoms with E-state index in [-0.39, 0.29) is 6.04 Å². The topological polar surface area (TPSA) is 35.6 Å². The first-order chi connectivity index (χ1) is 10.1. The van der Waals surface area contributed by atoms with Gasteiger partial charge in [-0.25, -0.2) is 0 Å². The third-order valence-electron chi connectivity index (χ3n) is 5.79. The molecule has 0 aromatic carbocycles. The zero-order valence-electron chi connectivity index (χ0n) is 13.7. The number of likely N-dealkylation sites (N-methyl/N-ethyl adjacent to an activating group) is 1. The molecule has 3 rings (SSSR count). The zero-order valence-corrected chi connectivity index (χ0v) is 13.7. The van der Waals surface area contributed by atoms with Gasteiger partial charge in [0.05, 0.1) is 6.04 Å². The molecule has 4 heteroatoms. The highest BCUT2D eigenvalue weighted by Gasteiger charge is 2.39. The van der Waals surface area contributed by atoms with E-state index in [1.54, 1.807) is 0 Å². The van der Waals surface area contributed by atoms with E-state index in [1.807, 2.05) is 11.9 Å². The Morgan fingerprint density at radius 1 is 1.24 bits per heavy atom. The predicted octanol–water partition coefficient (Wildman–Crippen LogP) is 1.71. The molecule has 4 nitrogen and oxygen atoms in total. The van der Waals surface area contributed by atoms with Crippen LogP contribution in [-0.4, -0.2) is 61.5 Å². The van der Waals surface area contributed by atoms with Crippen LogP contribution in [0.15, 0.2) is 0 Å². The van der Waals surface area contributed by atoms with E-state index >= 15 is 0 Å². The van der Waals surface area contributed by atoms with Gasteiger partial charge < -0.3 is 15.1 Å². The zero-order chi connectivity index (χ0) is 14.8. The number of carbonyl (C=O) groups excluding carboxylic acids is 1. The third-order valence-corrected chi connectivity index (χ3v) is 5.79. The highest BCUT2D eigenvalue weighted by molar-refractivity contribution is 5.82. The summed E-state index contributed by atoms with van der Waals surface area (Å²) < 4.78 is 0. The van der Waals surface area contributed by atoms with Crippen molar-refractivity contribution < 1.29 is 4.79 Å². The van der Waals surface area contributed by atoms with Crippen molar-refractivity contribution in [3.05, 3.63) is 0 Å². The summed E-state index contributed by atoms with van der Waals surface area (Å²) in [6.45, 7) is 3.28. The second kappa shape index (κ2) is 6.66. The molecule has 1 saturated carbocycles. The minimum Gasteiger partial charge on any atom is -0.344 e. The summed E-state index contributed by atoms with van der Waals surface area (Å²) >= 11 is 0. The van der Waals surface area contributed by atoms with Gasteiger partial charge in [0.25, 0.3) is 0 Å². The van der Waals surface area contributed by atoms with E-state index in [2.05, 4.69) is 17.3 Å². The molecule has 21 heavy (non-hydrogen) atoms. The smallest absolute Gasteiger partial charge is 0.239 e. The first-order valence-electron chi connectivity index (χ1n) is 8.83. The monoisotopic (exact) mass is 293 g/mol. The van der Waals surface area contributed by atoms with Gasteiger partial charge in [-0.15, -0.1) is 0 Å². The maximum absolute atomic E-state index is 12.7. The fourth-order valence-electron chi connectivity index (χ4n) is 4.68. The first-order valence-corrected chi connectivity index (χ1v) is 8.83. The number of fused-ring (bicyclic) bond motifs is 1. The number of hydrogen-bond donors (Lipinski definition) is 1. The Morgan fingerprint density at radius 3 is 2.81 bits per heavy atom. The Hall–Kier alpha value is -0.610. The van der Waals surface area contributed by atoms with Gasteiger partial charge in [-0.2, -0.15) is 0 Å². The van der Waals surface area contributed by atoms with Crippen LogP contribution in [0.25, 0.3) is 0 Å². The van der Waals surface area contributed by atoms with Gasteiger partial charge >= 0.3 is 0 Å². The molecule has 2 heterocycles. The molecule has 0 radical (unpaired) electrons. The average Bonchev–Trinajstić information content (AvgIpc) is 2.90. The number of carbonyl (C=O) groups is 1. The van der Waals surface area contributed by atoms with Crippen molar-refractivity contribution in [2.45, 2.75) is 57.0 Å². The second-order valence-electron chi connectivity index (χ2n) is 7.60. The maximum atomic E-state index is 12.7. The Labute approximate surface area is 129 Å². The molecule has 2 saturated heterocycles. The van der Waals surface area contributed by atoms with E-state index in [4.69, 9.17) is 0 Å². The van der Waals surface area contributed by atoms with Crippen molar-refractivity contribution in [1.82, 2.24) is 15.1 Å². The number of nitrogens with one attached hydrogen (secondary N) is 1. The van der Waals surface area contributed by atoms with E-state index < -0.39 is 0 Å². The van der Waals surface area contributed by atoms with Gasteiger partial charge in [0.2, 0.25) is 5.91 Å². The number of amides is 1. The second-order valence-corrected chi connectivity index (χ2v) is 7.60. The molecule has 3 aliphatic rings. The number of likely N-dealkylation sites (tertiary alicyclic amines) is 1. The average molecular weight is 293 g/mol. The van der Waals surface area contributed by atoms with Gasteiger partial charge in [0, 0.05) is 26.2 Å². The lowest BCUT2D eigenvalue weighted by molar-refractivity contribution is -0.132. The van der Waals surface area contributed by atoms with Crippen LogP contribution in [0.3, 0.4) is 0 Å². The lowest BCUT2D eigenvalue weighted by atomic mass is 9.85. The molecule has 1 N–H and O–H groups in total. The van der Waals surface area contributed by atoms with Crippen molar-refractivity contribution in [1.29, 1.82) is 0 Å². The Bertz CT molecular complexity index is 359. The Kier molecular flexibility index (Phi) is 4.85. The number of hydrogen-bond acceptors (Lipinski definition) is 3. The molecule has 0 bridgehead atoms. The molecule has 3 fully saturated rings. The van der Waals surface area contributed by atoms with Gasteiger partial charge in [0.15, 0.2) is 0 Å². The third kappa shape index (κ3) is 3.59. The highest BCUT2D eigenvalue weighted by atomic mass is 16.2. The SMILES string of the molecule is CN1CCCC(CN(C)C(=O)C2CC3CCCCC3N2)C1. The van der Waals surface area contributed by atoms with E-state index in [0.717, 1.165) is 25.4 Å². The molecule has 4 unspecified atom stereocenters. The van der Waals surface area contributed by atoms with Crippen LogP contribution < -0.4 is 5.32 Å². The lowest BCUT2D eigenvalue weighted by Gasteiger charge is -2.33. The summed E-state index contributed by atoms with van der Waals surface area (Å²) in [6.07, 6.45) is 8.89. The normalized spacial score (nSPS) is 37.2. The van der Waals surface area contributed by atoms with Crippen LogP contribution in [0.2, 0.25) is 0 Å². The summed E-state index contributed by atoms with van der Waals surface area (Å²) in [6, 6.07) is 0.700. The predicted molar refractivity (Wildman–Crippen MR) is 85.1 cm³/mol. The van der Waals surface area contributed by atoms with Crippen molar-refractivity contribution >= 4 is 5.91 Å². The fraction of sp³-hybridized carbons (Fsp3) is 0.941. The molecule has 4 atom stereocenters. The summed E-state index contributed by atoms with van der Waals surface area (Å²) in [5.41, 5.74) is 0. The van der Waals surface area contributed by atoms with Crippen LogP contribution in [0.4, 0.5) is 0 Å². The summed E-state index contributed by atoms with van der Waals surface area (Å²) in [4.78, 5) is 17.1. The first kappa shape index (κ1) is 15.3. The molecule has 0 aromatic rings. The van der Waals surface area contributed by atoms with E-state index in [0.29, 0.717) is 17.9 Å². The largest absolute Gasteiger partial charge is 0.344 e. The molecule has 0 aromatic heterocycles. The van der Waals surface area contributed by atoms with Gasteiger partial charge in [-0.3, -0.25) is 4.79 Å². The summed E-state index contributed by atoms with van der Waals surface area (Å²) in [5, 5.41) is 3.62. The number of piperidine rings is 1. The van der Waals surface area contributed by atoms with Crippen molar-refractivity contribution in [2.75, 3.05) is 33.7 Å². The maximum Gasteiger partial charge on any atom is 0.239 e. The quantitative estimate of drug-likeness (QED) is 0.860. The number of rotatable bonds is 3. The molecule has 1 amide bonds. The van der Waals surface area contributed by atoms with Crippen LogP contribution in [0.5, 0.6) is 0 Å². The molecule has 120 valence electrons. The van der Waals surface area contributed by atoms with Crippen LogP contribution in [0, 0.1) is 11.8 Å². The summed E-state index contributed by atoms with van der Waals surface area (Å²) in [7, 11) is 4.19. The van der Waals surface area contributed by atoms with Crippen LogP contribution >= 0.6 is 0 Å². The Balaban J connectivity index is 1.50. The molecular weight excluding hydrogens is 262 g/mol. The van der Waals surface area contributed by atoms with Crippen molar-refractivity contribution in [3.8, 4) is 0 Å². The van der Waals surface area contributed by atoms with Gasteiger partial charge in [-0.05, 0) is 57.5 Å². The molecule has 0 spiro atoms. The van der Waals surface area contributed by atoms with Crippen LogP contribution in [0.1, 0.15) is 44.9 Å². The van der Waals surface area contributed by atoms with Crippen LogP contribution in [-0.2, 0) is 4.79 Å². The molecular formula is C17H31N3O. The summed E-state index contributed by atoms with van der Waals surface area (Å²) in [5.74, 6) is 1.74. The molecule has 2 aliphatic heterocycles. The van der Waals surface area contributed by atoms with Crippen molar-refractivity contribution in [2.24, 2.45) is 11.8 Å². The van der Waals surface area contributed by atoms with Gasteiger partial charge in [-0.1, -0.05) is 12.8 Å². The van der Waals surface area contributed by atoms with Gasteiger partial charge in [0.1, 0.15) is 0 Å². The van der Waals surface area contributed by atoms with Crippen molar-refractivity contribution in [3.63, 3.8) is 0 Å². The Morgan fingerprint density at radius 2 is 2.05 bits per heavy atom. The molecule has 1 aliphatic carbocycles. The standard InChI is InChI=1S/C17H31N3O/c1-19-9-5-6-13(11-19)12-20(2)17(21)16-10-14-7-3-4-8-15(14)18-16/h13-16,18H,3-12H2,1-2H3. The van der Waals surface area contributed by atoms with E-state index in [1.165, 1.54) is 45.1 Å². The minimum atomic E-state index is 0.0874. The number of nitrogens with zero attached hydrogens (tertiary/aromatic N) is 2. The highest BCUT2D eigenvalue weighted by Crippen LogP contribution is 2.33.